The number of oxime groups is 1. The van der Waals surface area contributed by atoms with Gasteiger partial charge in [0.2, 0.25) is 0 Å². The molecule has 0 heterocycles. The number of unbranched alkanes of at least 4 members (excludes halogenated alkanes) is 3. The Morgan fingerprint density at radius 3 is 2.82 bits per heavy atom. The van der Waals surface area contributed by atoms with Crippen molar-refractivity contribution in [1.29, 1.82) is 0 Å². The lowest BCUT2D eigenvalue weighted by Gasteiger charge is -1.98. The molecule has 0 aliphatic carbocycles. The van der Waals surface area contributed by atoms with Gasteiger partial charge in [-0.25, -0.2) is 0 Å². The summed E-state index contributed by atoms with van der Waals surface area (Å²) in [6.07, 6.45) is 6.20. The van der Waals surface area contributed by atoms with Gasteiger partial charge in [-0.15, -0.1) is 0 Å². The third-order valence-corrected chi connectivity index (χ3v) is 1.42. The molecule has 0 saturated carbocycles. The smallest absolute Gasteiger partial charge is 0.0851 e. The monoisotopic (exact) mass is 159 g/mol. The number of hydrogen-bond donors (Lipinski definition) is 1. The quantitative estimate of drug-likeness (QED) is 0.267. The van der Waals surface area contributed by atoms with E-state index in [0.29, 0.717) is 6.61 Å². The van der Waals surface area contributed by atoms with Crippen molar-refractivity contribution in [2.24, 2.45) is 5.16 Å². The van der Waals surface area contributed by atoms with Crippen LogP contribution in [-0.2, 0) is 4.74 Å². The first-order chi connectivity index (χ1) is 5.41. The zero-order valence-electron chi connectivity index (χ0n) is 7.12. The normalized spacial score (nSPS) is 11.0. The Balaban J connectivity index is 2.79. The Morgan fingerprint density at radius 1 is 1.36 bits per heavy atom. The van der Waals surface area contributed by atoms with Crippen LogP contribution in [0.5, 0.6) is 0 Å². The summed E-state index contributed by atoms with van der Waals surface area (Å²) in [5, 5.41) is 10.8. The van der Waals surface area contributed by atoms with Gasteiger partial charge < -0.3 is 9.94 Å². The minimum absolute atomic E-state index is 0.419. The van der Waals surface area contributed by atoms with E-state index in [1.807, 2.05) is 0 Å². The van der Waals surface area contributed by atoms with Crippen molar-refractivity contribution in [3.63, 3.8) is 0 Å². The van der Waals surface area contributed by atoms with E-state index in [4.69, 9.17) is 9.94 Å². The molecule has 0 aromatic rings. The minimum Gasteiger partial charge on any atom is -0.411 e. The molecule has 3 heteroatoms. The zero-order chi connectivity index (χ0) is 8.36. The average molecular weight is 159 g/mol. The van der Waals surface area contributed by atoms with Crippen LogP contribution in [0.4, 0.5) is 0 Å². The van der Waals surface area contributed by atoms with E-state index in [1.165, 1.54) is 25.5 Å². The summed E-state index contributed by atoms with van der Waals surface area (Å²) in [4.78, 5) is 0. The van der Waals surface area contributed by atoms with Gasteiger partial charge in [0.15, 0.2) is 0 Å². The molecular weight excluding hydrogens is 142 g/mol. The van der Waals surface area contributed by atoms with Crippen molar-refractivity contribution < 1.29 is 9.94 Å². The molecule has 0 aliphatic heterocycles. The Kier molecular flexibility index (Phi) is 8.94. The highest BCUT2D eigenvalue weighted by Crippen LogP contribution is 1.98. The first kappa shape index (κ1) is 10.4. The zero-order valence-corrected chi connectivity index (χ0v) is 7.12. The highest BCUT2D eigenvalue weighted by atomic mass is 16.5. The summed E-state index contributed by atoms with van der Waals surface area (Å²) in [7, 11) is 0. The van der Waals surface area contributed by atoms with Gasteiger partial charge in [-0.05, 0) is 6.42 Å². The molecule has 0 aromatic carbocycles. The van der Waals surface area contributed by atoms with Crippen LogP contribution in [0.3, 0.4) is 0 Å². The summed E-state index contributed by atoms with van der Waals surface area (Å²) in [5.74, 6) is 0. The first-order valence-corrected chi connectivity index (χ1v) is 4.15. The van der Waals surface area contributed by atoms with E-state index in [2.05, 4.69) is 12.1 Å². The second-order valence-electron chi connectivity index (χ2n) is 2.43. The van der Waals surface area contributed by atoms with E-state index in [-0.39, 0.29) is 0 Å². The number of ether oxygens (including phenoxy) is 1. The van der Waals surface area contributed by atoms with Crippen LogP contribution in [0.25, 0.3) is 0 Å². The second-order valence-corrected chi connectivity index (χ2v) is 2.43. The Bertz CT molecular complexity index is 94.1. The van der Waals surface area contributed by atoms with Gasteiger partial charge in [0.1, 0.15) is 0 Å². The molecule has 66 valence electrons. The number of nitrogens with zero attached hydrogens (tertiary/aromatic N) is 1. The molecule has 0 amide bonds. The van der Waals surface area contributed by atoms with Crippen LogP contribution >= 0.6 is 0 Å². The molecule has 0 fully saturated rings. The van der Waals surface area contributed by atoms with E-state index in [1.54, 1.807) is 0 Å². The largest absolute Gasteiger partial charge is 0.411 e. The summed E-state index contributed by atoms with van der Waals surface area (Å²) in [6.45, 7) is 3.37. The van der Waals surface area contributed by atoms with Gasteiger partial charge in [-0.3, -0.25) is 0 Å². The van der Waals surface area contributed by atoms with Crippen molar-refractivity contribution >= 4 is 6.21 Å². The molecule has 1 N–H and O–H groups in total. The fourth-order valence-corrected chi connectivity index (χ4v) is 0.800. The molecule has 0 saturated heterocycles. The van der Waals surface area contributed by atoms with E-state index in [0.717, 1.165) is 13.0 Å². The molecule has 0 aromatic heterocycles. The summed E-state index contributed by atoms with van der Waals surface area (Å²) < 4.78 is 5.11. The number of hydrogen-bond acceptors (Lipinski definition) is 3. The van der Waals surface area contributed by atoms with Gasteiger partial charge >= 0.3 is 0 Å². The van der Waals surface area contributed by atoms with Crippen LogP contribution < -0.4 is 0 Å². The maximum atomic E-state index is 8.00. The van der Waals surface area contributed by atoms with Gasteiger partial charge in [0.05, 0.1) is 12.8 Å². The molecule has 3 nitrogen and oxygen atoms in total. The van der Waals surface area contributed by atoms with Gasteiger partial charge in [-0.2, -0.15) is 0 Å². The number of rotatable bonds is 7. The third-order valence-electron chi connectivity index (χ3n) is 1.42. The van der Waals surface area contributed by atoms with Crippen molar-refractivity contribution in [2.45, 2.75) is 32.6 Å². The fraction of sp³-hybridized carbons (Fsp3) is 0.875. The Labute approximate surface area is 68.1 Å². The molecule has 0 spiro atoms. The molecule has 0 aliphatic rings. The van der Waals surface area contributed by atoms with Crippen LogP contribution in [0.2, 0.25) is 0 Å². The van der Waals surface area contributed by atoms with E-state index >= 15 is 0 Å². The Hall–Kier alpha value is -0.570. The van der Waals surface area contributed by atoms with E-state index in [9.17, 15) is 0 Å². The predicted molar refractivity (Wildman–Crippen MR) is 45.2 cm³/mol. The van der Waals surface area contributed by atoms with Gasteiger partial charge in [0.25, 0.3) is 0 Å². The maximum Gasteiger partial charge on any atom is 0.0851 e. The standard InChI is InChI=1S/C8H17NO2/c1-2-3-4-5-7-11-8-6-9-10/h6,10H,2-5,7-8H2,1H3. The SMILES string of the molecule is CCCCCCOCC=NO. The van der Waals surface area contributed by atoms with Crippen molar-refractivity contribution in [3.8, 4) is 0 Å². The summed E-state index contributed by atoms with van der Waals surface area (Å²) >= 11 is 0. The van der Waals surface area contributed by atoms with E-state index < -0.39 is 0 Å². The molecule has 0 atom stereocenters. The fourth-order valence-electron chi connectivity index (χ4n) is 0.800. The lowest BCUT2D eigenvalue weighted by Crippen LogP contribution is -1.97. The lowest BCUT2D eigenvalue weighted by molar-refractivity contribution is 0.166. The summed E-state index contributed by atoms with van der Waals surface area (Å²) in [6, 6.07) is 0. The van der Waals surface area contributed by atoms with Crippen LogP contribution in [-0.4, -0.2) is 24.6 Å². The molecule has 0 unspecified atom stereocenters. The highest BCUT2D eigenvalue weighted by Gasteiger charge is 1.86. The van der Waals surface area contributed by atoms with Crippen LogP contribution in [0, 0.1) is 0 Å². The minimum atomic E-state index is 0.419. The van der Waals surface area contributed by atoms with Crippen molar-refractivity contribution in [2.75, 3.05) is 13.2 Å². The molecule has 0 bridgehead atoms. The molecule has 11 heavy (non-hydrogen) atoms. The van der Waals surface area contributed by atoms with Gasteiger partial charge in [-0.1, -0.05) is 31.3 Å². The van der Waals surface area contributed by atoms with Gasteiger partial charge in [0, 0.05) is 6.61 Å². The molecular formula is C8H17NO2. The predicted octanol–water partition coefficient (Wildman–Crippen LogP) is 2.04. The first-order valence-electron chi connectivity index (χ1n) is 4.15. The average Bonchev–Trinajstić information content (AvgIpc) is 2.03. The van der Waals surface area contributed by atoms with Crippen LogP contribution in [0.15, 0.2) is 5.16 Å². The Morgan fingerprint density at radius 2 is 2.18 bits per heavy atom. The maximum absolute atomic E-state index is 8.00. The van der Waals surface area contributed by atoms with Crippen molar-refractivity contribution in [1.82, 2.24) is 0 Å². The summed E-state index contributed by atoms with van der Waals surface area (Å²) in [5.41, 5.74) is 0. The second kappa shape index (κ2) is 9.43. The lowest BCUT2D eigenvalue weighted by atomic mass is 10.2. The topological polar surface area (TPSA) is 41.8 Å². The van der Waals surface area contributed by atoms with Crippen molar-refractivity contribution in [3.05, 3.63) is 0 Å². The highest BCUT2D eigenvalue weighted by molar-refractivity contribution is 5.57. The van der Waals surface area contributed by atoms with Crippen LogP contribution in [0.1, 0.15) is 32.6 Å². The molecule has 0 radical (unpaired) electrons. The molecule has 0 rings (SSSR count). The third kappa shape index (κ3) is 9.43.